The molecule has 0 saturated heterocycles. The number of fused-ring (bicyclic) bond motifs is 5. The predicted molar refractivity (Wildman–Crippen MR) is 139 cm³/mol. The molecule has 6 rings (SSSR count). The lowest BCUT2D eigenvalue weighted by atomic mass is 9.77. The first-order valence-corrected chi connectivity index (χ1v) is 12.9. The fourth-order valence-corrected chi connectivity index (χ4v) is 5.58. The van der Waals surface area contributed by atoms with Crippen molar-refractivity contribution >= 4 is 17.5 Å². The van der Waals surface area contributed by atoms with Crippen LogP contribution < -0.4 is 24.4 Å². The number of nitrogens with zero attached hydrogens (tertiary/aromatic N) is 1. The van der Waals surface area contributed by atoms with E-state index in [2.05, 4.69) is 19.2 Å². The highest BCUT2D eigenvalue weighted by molar-refractivity contribution is 6.11. The number of carbonyl (C=O) groups is 2. The molecule has 3 heterocycles. The molecule has 7 heteroatoms. The van der Waals surface area contributed by atoms with Crippen molar-refractivity contribution in [3.63, 3.8) is 0 Å². The molecular formula is C30H30N2O5. The molecule has 0 radical (unpaired) electrons. The van der Waals surface area contributed by atoms with E-state index in [0.717, 1.165) is 35.2 Å². The summed E-state index contributed by atoms with van der Waals surface area (Å²) in [5.74, 6) is 2.30. The molecule has 1 unspecified atom stereocenters. The Morgan fingerprint density at radius 2 is 1.68 bits per heavy atom. The largest absolute Gasteiger partial charge is 0.491 e. The lowest BCUT2D eigenvalue weighted by Gasteiger charge is -2.23. The molecule has 1 N–H and O–H groups in total. The maximum atomic E-state index is 14.1. The SMILES string of the molecule is CCC(CC)CNC(=O)c1ccc(CN2C(=O)C3(COc4cc5c(cc43)OCO5)c3ccccc32)cc1. The van der Waals surface area contributed by atoms with E-state index in [-0.39, 0.29) is 25.2 Å². The molecule has 1 atom stereocenters. The van der Waals surface area contributed by atoms with Gasteiger partial charge in [0.15, 0.2) is 11.5 Å². The monoisotopic (exact) mass is 498 g/mol. The van der Waals surface area contributed by atoms with Gasteiger partial charge < -0.3 is 24.4 Å². The number of carbonyl (C=O) groups excluding carboxylic acids is 2. The third-order valence-electron chi connectivity index (χ3n) is 7.91. The normalized spacial score (nSPS) is 18.8. The Labute approximate surface area is 216 Å². The molecule has 37 heavy (non-hydrogen) atoms. The summed E-state index contributed by atoms with van der Waals surface area (Å²) in [6.45, 7) is 5.75. The van der Waals surface area contributed by atoms with Gasteiger partial charge in [0.2, 0.25) is 12.7 Å². The molecule has 0 aliphatic carbocycles. The van der Waals surface area contributed by atoms with E-state index in [9.17, 15) is 9.59 Å². The zero-order valence-corrected chi connectivity index (χ0v) is 21.1. The zero-order valence-electron chi connectivity index (χ0n) is 21.1. The van der Waals surface area contributed by atoms with Gasteiger partial charge in [-0.05, 0) is 41.3 Å². The highest BCUT2D eigenvalue weighted by Gasteiger charge is 2.57. The maximum absolute atomic E-state index is 14.1. The van der Waals surface area contributed by atoms with Crippen LogP contribution in [0.1, 0.15) is 53.7 Å². The van der Waals surface area contributed by atoms with E-state index >= 15 is 0 Å². The lowest BCUT2D eigenvalue weighted by Crippen LogP contribution is -2.42. The van der Waals surface area contributed by atoms with E-state index in [1.54, 1.807) is 0 Å². The third kappa shape index (κ3) is 3.72. The summed E-state index contributed by atoms with van der Waals surface area (Å²) in [4.78, 5) is 28.6. The van der Waals surface area contributed by atoms with Gasteiger partial charge in [0.1, 0.15) is 17.8 Å². The Kier molecular flexibility index (Phi) is 5.78. The standard InChI is InChI=1S/C30H30N2O5/c1-3-19(4-2)15-31-28(33)21-11-9-20(10-12-21)16-32-24-8-6-5-7-22(24)30(29(32)34)17-35-25-14-27-26(13-23(25)30)36-18-37-27/h5-14,19H,3-4,15-18H2,1-2H3,(H,31,33). The minimum absolute atomic E-state index is 0.0293. The summed E-state index contributed by atoms with van der Waals surface area (Å²) in [5, 5.41) is 3.04. The molecule has 3 aromatic carbocycles. The van der Waals surface area contributed by atoms with Crippen LogP contribution >= 0.6 is 0 Å². The zero-order chi connectivity index (χ0) is 25.6. The van der Waals surface area contributed by atoms with E-state index in [1.165, 1.54) is 0 Å². The number of nitrogens with one attached hydrogen (secondary N) is 1. The molecule has 1 spiro atoms. The number of benzene rings is 3. The highest BCUT2D eigenvalue weighted by atomic mass is 16.7. The van der Waals surface area contributed by atoms with Crippen LogP contribution in [0.2, 0.25) is 0 Å². The van der Waals surface area contributed by atoms with Crippen LogP contribution in [0.15, 0.2) is 60.7 Å². The molecule has 3 aliphatic heterocycles. The summed E-state index contributed by atoms with van der Waals surface area (Å²) >= 11 is 0. The topological polar surface area (TPSA) is 77.1 Å². The van der Waals surface area contributed by atoms with Gasteiger partial charge in [-0.3, -0.25) is 9.59 Å². The number of para-hydroxylation sites is 1. The summed E-state index contributed by atoms with van der Waals surface area (Å²) in [7, 11) is 0. The molecule has 3 aliphatic rings. The Morgan fingerprint density at radius 3 is 2.43 bits per heavy atom. The van der Waals surface area contributed by atoms with Gasteiger partial charge in [0.25, 0.3) is 5.91 Å². The number of rotatable bonds is 7. The van der Waals surface area contributed by atoms with Gasteiger partial charge >= 0.3 is 0 Å². The van der Waals surface area contributed by atoms with Gasteiger partial charge in [-0.2, -0.15) is 0 Å². The summed E-state index contributed by atoms with van der Waals surface area (Å²) in [6.07, 6.45) is 2.09. The second-order valence-electron chi connectivity index (χ2n) is 9.89. The predicted octanol–water partition coefficient (Wildman–Crippen LogP) is 4.81. The van der Waals surface area contributed by atoms with Crippen LogP contribution in [0.25, 0.3) is 0 Å². The smallest absolute Gasteiger partial charge is 0.251 e. The van der Waals surface area contributed by atoms with Gasteiger partial charge in [-0.1, -0.05) is 57.0 Å². The van der Waals surface area contributed by atoms with Crippen molar-refractivity contribution < 1.29 is 23.8 Å². The van der Waals surface area contributed by atoms with Gasteiger partial charge in [0, 0.05) is 29.4 Å². The Hall–Kier alpha value is -4.00. The molecular weight excluding hydrogens is 468 g/mol. The minimum atomic E-state index is -0.929. The average molecular weight is 499 g/mol. The number of anilines is 1. The van der Waals surface area contributed by atoms with E-state index < -0.39 is 5.41 Å². The number of hydrogen-bond donors (Lipinski definition) is 1. The fraction of sp³-hybridized carbons (Fsp3) is 0.333. The second-order valence-corrected chi connectivity index (χ2v) is 9.89. The van der Waals surface area contributed by atoms with Gasteiger partial charge in [-0.15, -0.1) is 0 Å². The fourth-order valence-electron chi connectivity index (χ4n) is 5.58. The Bertz CT molecular complexity index is 1360. The molecule has 190 valence electrons. The first kappa shape index (κ1) is 23.4. The summed E-state index contributed by atoms with van der Waals surface area (Å²) in [6, 6.07) is 19.1. The summed E-state index contributed by atoms with van der Waals surface area (Å²) in [5.41, 5.74) is 3.24. The van der Waals surface area contributed by atoms with Crippen molar-refractivity contribution in [3.8, 4) is 17.2 Å². The number of amides is 2. The van der Waals surface area contributed by atoms with Gasteiger partial charge in [0.05, 0.1) is 6.54 Å². The highest BCUT2D eigenvalue weighted by Crippen LogP contribution is 2.55. The number of hydrogen-bond acceptors (Lipinski definition) is 5. The average Bonchev–Trinajstić information content (AvgIpc) is 3.61. The van der Waals surface area contributed by atoms with Crippen LogP contribution in [-0.2, 0) is 16.8 Å². The van der Waals surface area contributed by atoms with E-state index in [4.69, 9.17) is 14.2 Å². The van der Waals surface area contributed by atoms with Crippen molar-refractivity contribution in [2.45, 2.75) is 38.6 Å². The first-order valence-electron chi connectivity index (χ1n) is 12.9. The molecule has 2 amide bonds. The van der Waals surface area contributed by atoms with E-state index in [1.807, 2.05) is 65.6 Å². The van der Waals surface area contributed by atoms with Crippen LogP contribution in [0.5, 0.6) is 17.2 Å². The quantitative estimate of drug-likeness (QED) is 0.506. The Balaban J connectivity index is 1.26. The van der Waals surface area contributed by atoms with Crippen LogP contribution in [0.3, 0.4) is 0 Å². The molecule has 7 nitrogen and oxygen atoms in total. The van der Waals surface area contributed by atoms with Crippen LogP contribution in [0.4, 0.5) is 5.69 Å². The van der Waals surface area contributed by atoms with Gasteiger partial charge in [-0.25, -0.2) is 0 Å². The molecule has 0 aromatic heterocycles. The lowest BCUT2D eigenvalue weighted by molar-refractivity contribution is -0.122. The molecule has 0 bridgehead atoms. The van der Waals surface area contributed by atoms with Crippen molar-refractivity contribution in [3.05, 3.63) is 82.9 Å². The summed E-state index contributed by atoms with van der Waals surface area (Å²) < 4.78 is 17.2. The number of ether oxygens (including phenoxy) is 3. The van der Waals surface area contributed by atoms with Crippen molar-refractivity contribution in [2.75, 3.05) is 24.8 Å². The Morgan fingerprint density at radius 1 is 0.946 bits per heavy atom. The van der Waals surface area contributed by atoms with Crippen LogP contribution in [0, 0.1) is 5.92 Å². The minimum Gasteiger partial charge on any atom is -0.491 e. The van der Waals surface area contributed by atoms with Crippen molar-refractivity contribution in [2.24, 2.45) is 5.92 Å². The molecule has 0 saturated carbocycles. The molecule has 0 fully saturated rings. The molecule has 3 aromatic rings. The third-order valence-corrected chi connectivity index (χ3v) is 7.91. The second kappa shape index (κ2) is 9.14. The van der Waals surface area contributed by atoms with E-state index in [0.29, 0.717) is 41.8 Å². The van der Waals surface area contributed by atoms with Crippen molar-refractivity contribution in [1.29, 1.82) is 0 Å². The first-order chi connectivity index (χ1) is 18.0. The maximum Gasteiger partial charge on any atom is 0.251 e. The van der Waals surface area contributed by atoms with Crippen LogP contribution in [-0.4, -0.2) is 31.8 Å². The van der Waals surface area contributed by atoms with Crippen molar-refractivity contribution in [1.82, 2.24) is 5.32 Å².